The van der Waals surface area contributed by atoms with Crippen LogP contribution in [0.3, 0.4) is 0 Å². The third kappa shape index (κ3) is 37.3. The molecule has 67 valence electrons. The summed E-state index contributed by atoms with van der Waals surface area (Å²) in [4.78, 5) is 18.4. The Morgan fingerprint density at radius 2 is 1.09 bits per heavy atom. The molecule has 0 aromatic heterocycles. The van der Waals surface area contributed by atoms with Crippen LogP contribution in [0.1, 0.15) is 0 Å². The van der Waals surface area contributed by atoms with Gasteiger partial charge in [-0.2, -0.15) is 9.05 Å². The molecule has 0 aromatic rings. The predicted octanol–water partition coefficient (Wildman–Crippen LogP) is -0.702. The summed E-state index contributed by atoms with van der Waals surface area (Å²) in [5, 5.41) is 0. The third-order valence-corrected chi connectivity index (χ3v) is 0.894. The van der Waals surface area contributed by atoms with Crippen molar-refractivity contribution in [3.8, 4) is 0 Å². The standard InChI is InChI=1S/2CH3O3P.Co/c2*1-4-5(2)3;/h2*1H3;/q;;+2. The second-order valence-corrected chi connectivity index (χ2v) is 2.44. The van der Waals surface area contributed by atoms with Gasteiger partial charge in [-0.05, 0) is 9.13 Å². The number of hydrogen-bond donors (Lipinski definition) is 0. The molecule has 11 heavy (non-hydrogen) atoms. The van der Waals surface area contributed by atoms with Crippen molar-refractivity contribution in [2.45, 2.75) is 0 Å². The molecular weight excluding hydrogens is 241 g/mol. The van der Waals surface area contributed by atoms with Crippen LogP contribution in [0.5, 0.6) is 0 Å². The molecule has 2 atom stereocenters. The summed E-state index contributed by atoms with van der Waals surface area (Å²) in [7, 11) is -2.99. The average Bonchev–Trinajstić information content (AvgIpc) is 1.89. The second-order valence-electron chi connectivity index (χ2n) is 0.812. The first kappa shape index (κ1) is 17.6. The molecule has 0 aliphatic rings. The van der Waals surface area contributed by atoms with Gasteiger partial charge in [-0.25, -0.2) is 0 Å². The maximum atomic E-state index is 9.18. The van der Waals surface area contributed by atoms with Gasteiger partial charge in [0.05, 0.1) is 14.2 Å². The van der Waals surface area contributed by atoms with E-state index in [1.54, 1.807) is 0 Å². The van der Waals surface area contributed by atoms with Crippen molar-refractivity contribution in [1.82, 2.24) is 0 Å². The zero-order valence-electron chi connectivity index (χ0n) is 5.68. The van der Waals surface area contributed by atoms with Crippen molar-refractivity contribution in [3.63, 3.8) is 0 Å². The minimum Gasteiger partial charge on any atom is -0.566 e. The quantitative estimate of drug-likeness (QED) is 0.598. The fourth-order valence-corrected chi connectivity index (χ4v) is 0. The summed E-state index contributed by atoms with van der Waals surface area (Å²) in [6.45, 7) is 0. The maximum Gasteiger partial charge on any atom is 2.00 e. The van der Waals surface area contributed by atoms with E-state index in [9.17, 15) is 18.9 Å². The van der Waals surface area contributed by atoms with Crippen LogP contribution in [0.15, 0.2) is 0 Å². The Morgan fingerprint density at radius 1 is 1.00 bits per heavy atom. The molecule has 0 amide bonds. The van der Waals surface area contributed by atoms with E-state index < -0.39 is 16.5 Å². The van der Waals surface area contributed by atoms with E-state index in [4.69, 9.17) is 0 Å². The monoisotopic (exact) mass is 247 g/mol. The molecule has 0 fully saturated rings. The van der Waals surface area contributed by atoms with E-state index >= 15 is 0 Å². The van der Waals surface area contributed by atoms with Crippen LogP contribution in [0.25, 0.3) is 0 Å². The minimum atomic E-state index is -2.60. The molecule has 0 bridgehead atoms. The first-order valence-corrected chi connectivity index (χ1v) is 4.10. The van der Waals surface area contributed by atoms with Crippen LogP contribution >= 0.6 is 16.5 Å². The van der Waals surface area contributed by atoms with Gasteiger partial charge in [-0.3, -0.25) is 0 Å². The molecule has 0 spiro atoms. The third-order valence-electron chi connectivity index (χ3n) is 0.298. The summed E-state index contributed by atoms with van der Waals surface area (Å²) in [6.07, 6.45) is 0. The Hall–Kier alpha value is 0.546. The normalized spacial score (nSPS) is 10.2. The Labute approximate surface area is 76.0 Å². The predicted molar refractivity (Wildman–Crippen MR) is 29.2 cm³/mol. The Morgan fingerprint density at radius 3 is 1.09 bits per heavy atom. The summed E-state index contributed by atoms with van der Waals surface area (Å²) < 4.78 is 25.8. The van der Waals surface area contributed by atoms with E-state index in [1.807, 2.05) is 0 Å². The van der Waals surface area contributed by atoms with E-state index in [1.165, 1.54) is 0 Å². The van der Waals surface area contributed by atoms with Gasteiger partial charge in [0.15, 0.2) is 0 Å². The van der Waals surface area contributed by atoms with Crippen molar-refractivity contribution in [1.29, 1.82) is 0 Å². The molecule has 0 aromatic carbocycles. The van der Waals surface area contributed by atoms with Crippen molar-refractivity contribution in [2.24, 2.45) is 0 Å². The van der Waals surface area contributed by atoms with E-state index in [2.05, 4.69) is 9.05 Å². The molecular formula is C2H6CoO6P2+2. The van der Waals surface area contributed by atoms with Crippen LogP contribution in [-0.4, -0.2) is 14.2 Å². The first-order valence-electron chi connectivity index (χ1n) is 1.91. The maximum absolute atomic E-state index is 9.18. The van der Waals surface area contributed by atoms with Crippen LogP contribution in [0, 0.1) is 0 Å². The van der Waals surface area contributed by atoms with Crippen molar-refractivity contribution >= 4 is 16.5 Å². The largest absolute Gasteiger partial charge is 2.00 e. The van der Waals surface area contributed by atoms with E-state index in [-0.39, 0.29) is 16.8 Å². The summed E-state index contributed by atoms with van der Waals surface area (Å²) in [5.74, 6) is 0. The van der Waals surface area contributed by atoms with Gasteiger partial charge in [0.2, 0.25) is 0 Å². The van der Waals surface area contributed by atoms with Crippen LogP contribution in [0.4, 0.5) is 0 Å². The van der Waals surface area contributed by atoms with Gasteiger partial charge in [0.1, 0.15) is 0 Å². The fraction of sp³-hybridized carbons (Fsp3) is 1.00. The number of hydrogen-bond acceptors (Lipinski definition) is 6. The van der Waals surface area contributed by atoms with Crippen molar-refractivity contribution in [2.75, 3.05) is 14.2 Å². The summed E-state index contributed by atoms with van der Waals surface area (Å²) in [6, 6.07) is 0. The second kappa shape index (κ2) is 13.2. The Kier molecular flexibility index (Phi) is 21.0. The molecule has 0 N–H and O–H groups in total. The van der Waals surface area contributed by atoms with Crippen LogP contribution in [-0.2, 0) is 35.0 Å². The topological polar surface area (TPSA) is 98.7 Å². The van der Waals surface area contributed by atoms with Crippen LogP contribution < -0.4 is 9.79 Å². The Balaban J connectivity index is -0.000000107. The molecule has 0 heterocycles. The zero-order chi connectivity index (χ0) is 8.57. The van der Waals surface area contributed by atoms with Gasteiger partial charge in [0, 0.05) is 0 Å². The molecule has 1 radical (unpaired) electrons. The molecule has 6 nitrogen and oxygen atoms in total. The first-order chi connectivity index (χ1) is 4.54. The molecule has 0 saturated carbocycles. The smallest absolute Gasteiger partial charge is 0.566 e. The molecule has 9 heteroatoms. The molecule has 0 saturated heterocycles. The van der Waals surface area contributed by atoms with Crippen molar-refractivity contribution in [3.05, 3.63) is 0 Å². The summed E-state index contributed by atoms with van der Waals surface area (Å²) in [5.41, 5.74) is 0. The molecule has 0 aliphatic carbocycles. The zero-order valence-corrected chi connectivity index (χ0v) is 8.51. The van der Waals surface area contributed by atoms with Gasteiger partial charge in [0.25, 0.3) is 0 Å². The van der Waals surface area contributed by atoms with Gasteiger partial charge >= 0.3 is 33.3 Å². The SMILES string of the molecule is CO[P+](=O)[O-].CO[P+](=O)[O-].[Co+2]. The average molecular weight is 247 g/mol. The van der Waals surface area contributed by atoms with Gasteiger partial charge < -0.3 is 9.79 Å². The Bertz CT molecular complexity index is 103. The van der Waals surface area contributed by atoms with Crippen LogP contribution in [0.2, 0.25) is 0 Å². The molecule has 2 unspecified atom stereocenters. The molecule has 0 rings (SSSR count). The minimum absolute atomic E-state index is 0. The van der Waals surface area contributed by atoms with Gasteiger partial charge in [-0.1, -0.05) is 0 Å². The summed E-state index contributed by atoms with van der Waals surface area (Å²) >= 11 is 0. The molecule has 0 aliphatic heterocycles. The van der Waals surface area contributed by atoms with E-state index in [0.717, 1.165) is 14.2 Å². The van der Waals surface area contributed by atoms with E-state index in [0.29, 0.717) is 0 Å². The van der Waals surface area contributed by atoms with Crippen molar-refractivity contribution < 1.29 is 44.7 Å². The fourth-order valence-electron chi connectivity index (χ4n) is 0. The van der Waals surface area contributed by atoms with Gasteiger partial charge in [-0.15, -0.1) is 0 Å². The number of rotatable bonds is 2.